The van der Waals surface area contributed by atoms with Crippen LogP contribution in [0.5, 0.6) is 0 Å². The molecule has 1 unspecified atom stereocenters. The first-order valence-electron chi connectivity index (χ1n) is 11.8. The minimum Gasteiger partial charge on any atom is -0.364 e. The molecule has 172 valence electrons. The van der Waals surface area contributed by atoms with Gasteiger partial charge in [-0.15, -0.1) is 0 Å². The average molecular weight is 453 g/mol. The van der Waals surface area contributed by atoms with E-state index in [2.05, 4.69) is 65.0 Å². The molecule has 1 aliphatic heterocycles. The summed E-state index contributed by atoms with van der Waals surface area (Å²) < 4.78 is 1.58. The molecule has 1 saturated carbocycles. The van der Waals surface area contributed by atoms with E-state index < -0.39 is 0 Å². The van der Waals surface area contributed by atoms with Crippen molar-refractivity contribution in [2.75, 3.05) is 18.0 Å². The fourth-order valence-corrected chi connectivity index (χ4v) is 5.10. The van der Waals surface area contributed by atoms with Gasteiger partial charge in [0.15, 0.2) is 0 Å². The van der Waals surface area contributed by atoms with Gasteiger partial charge in [-0.2, -0.15) is 10.5 Å². The van der Waals surface area contributed by atoms with Crippen molar-refractivity contribution in [2.45, 2.75) is 50.7 Å². The van der Waals surface area contributed by atoms with Crippen LogP contribution < -0.4 is 10.5 Å². The summed E-state index contributed by atoms with van der Waals surface area (Å²) in [6.07, 6.45) is 1.92. The van der Waals surface area contributed by atoms with Gasteiger partial charge < -0.3 is 9.47 Å². The van der Waals surface area contributed by atoms with Gasteiger partial charge in [0.1, 0.15) is 17.3 Å². The van der Waals surface area contributed by atoms with Gasteiger partial charge in [0.05, 0.1) is 22.7 Å². The molecule has 1 aromatic carbocycles. The molecule has 0 spiro atoms. The Bertz CT molecular complexity index is 1390. The zero-order valence-corrected chi connectivity index (χ0v) is 19.8. The lowest BCUT2D eigenvalue weighted by atomic mass is 9.96. The van der Waals surface area contributed by atoms with Crippen LogP contribution in [0.4, 0.5) is 5.69 Å². The molecule has 1 aliphatic carbocycles. The Morgan fingerprint density at radius 1 is 1.06 bits per heavy atom. The van der Waals surface area contributed by atoms with E-state index in [0.717, 1.165) is 49.2 Å². The van der Waals surface area contributed by atoms with Gasteiger partial charge >= 0.3 is 0 Å². The number of anilines is 1. The lowest BCUT2D eigenvalue weighted by Crippen LogP contribution is -2.56. The molecule has 3 heterocycles. The van der Waals surface area contributed by atoms with Crippen molar-refractivity contribution in [3.05, 3.63) is 69.6 Å². The van der Waals surface area contributed by atoms with Crippen LogP contribution in [0.1, 0.15) is 43.5 Å². The molecule has 0 amide bonds. The standard InChI is InChI=1S/C27H28N6O/c1-18-15-33(24-12-25(34)31(3)23-9-8-22(13-28)30-26(23)24)19(2)14-32(18)16-20-4-6-21(7-5-20)27(17-29)10-11-27/h4-9,12,18-19H,10-11,14-16H2,1-3H3/t18?,19-/m0/s1. The Hall–Kier alpha value is -3.68. The lowest BCUT2D eigenvalue weighted by Gasteiger charge is -2.45. The van der Waals surface area contributed by atoms with Crippen LogP contribution in [0.25, 0.3) is 11.0 Å². The average Bonchev–Trinajstić information content (AvgIpc) is 3.65. The molecule has 7 nitrogen and oxygen atoms in total. The Balaban J connectivity index is 1.39. The van der Waals surface area contributed by atoms with Crippen LogP contribution in [0.3, 0.4) is 0 Å². The van der Waals surface area contributed by atoms with Crippen molar-refractivity contribution < 1.29 is 0 Å². The van der Waals surface area contributed by atoms with Crippen molar-refractivity contribution in [1.82, 2.24) is 14.5 Å². The van der Waals surface area contributed by atoms with E-state index in [1.54, 1.807) is 29.8 Å². The fourth-order valence-electron chi connectivity index (χ4n) is 5.10. The molecule has 2 aliphatic rings. The Kier molecular flexibility index (Phi) is 5.38. The van der Waals surface area contributed by atoms with Crippen molar-refractivity contribution in [3.8, 4) is 12.1 Å². The topological polar surface area (TPSA) is 88.9 Å². The third-order valence-electron chi connectivity index (χ3n) is 7.46. The maximum atomic E-state index is 12.7. The number of benzene rings is 1. The summed E-state index contributed by atoms with van der Waals surface area (Å²) in [5, 5.41) is 18.8. The highest BCUT2D eigenvalue weighted by atomic mass is 16.1. The Labute approximate surface area is 199 Å². The van der Waals surface area contributed by atoms with Gasteiger partial charge in [-0.3, -0.25) is 9.69 Å². The summed E-state index contributed by atoms with van der Waals surface area (Å²) in [6, 6.07) is 18.7. The first-order valence-corrected chi connectivity index (χ1v) is 11.8. The monoisotopic (exact) mass is 452 g/mol. The number of fused-ring (bicyclic) bond motifs is 1. The van der Waals surface area contributed by atoms with Crippen LogP contribution in [-0.4, -0.2) is 39.6 Å². The normalized spacial score (nSPS) is 21.7. The summed E-state index contributed by atoms with van der Waals surface area (Å²) in [5.74, 6) is 0. The SMILES string of the molecule is CC1CN(c2cc(=O)n(C)c3ccc(C#N)nc23)[C@@H](C)CN1Cc1ccc(C2(C#N)CC2)cc1. The molecule has 0 N–H and O–H groups in total. The predicted octanol–water partition coefficient (Wildman–Crippen LogP) is 3.46. The summed E-state index contributed by atoms with van der Waals surface area (Å²) in [6.45, 7) is 6.83. The number of aromatic nitrogens is 2. The molecule has 2 aromatic heterocycles. The number of piperazine rings is 1. The van der Waals surface area contributed by atoms with E-state index in [0.29, 0.717) is 11.2 Å². The first kappa shape index (κ1) is 22.1. The summed E-state index contributed by atoms with van der Waals surface area (Å²) in [7, 11) is 1.74. The number of nitrogens with zero attached hydrogens (tertiary/aromatic N) is 6. The van der Waals surface area contributed by atoms with Gasteiger partial charge in [0.25, 0.3) is 5.56 Å². The molecule has 1 saturated heterocycles. The van der Waals surface area contributed by atoms with Crippen molar-refractivity contribution in [2.24, 2.45) is 7.05 Å². The summed E-state index contributed by atoms with van der Waals surface area (Å²) in [4.78, 5) is 22.0. The van der Waals surface area contributed by atoms with E-state index in [4.69, 9.17) is 0 Å². The van der Waals surface area contributed by atoms with Crippen molar-refractivity contribution in [3.63, 3.8) is 0 Å². The Morgan fingerprint density at radius 2 is 1.79 bits per heavy atom. The minimum atomic E-state index is -0.249. The van der Waals surface area contributed by atoms with Crippen LogP contribution >= 0.6 is 0 Å². The highest BCUT2D eigenvalue weighted by Gasteiger charge is 2.44. The summed E-state index contributed by atoms with van der Waals surface area (Å²) >= 11 is 0. The molecule has 34 heavy (non-hydrogen) atoms. The number of rotatable bonds is 4. The van der Waals surface area contributed by atoms with Crippen LogP contribution in [0.15, 0.2) is 47.3 Å². The molecule has 0 bridgehead atoms. The molecule has 5 rings (SSSR count). The highest BCUT2D eigenvalue weighted by molar-refractivity contribution is 5.89. The second kappa shape index (κ2) is 8.27. The van der Waals surface area contributed by atoms with E-state index in [1.807, 2.05) is 0 Å². The molecule has 7 heteroatoms. The number of hydrogen-bond donors (Lipinski definition) is 0. The van der Waals surface area contributed by atoms with Crippen LogP contribution in [0, 0.1) is 22.7 Å². The minimum absolute atomic E-state index is 0.0813. The smallest absolute Gasteiger partial charge is 0.252 e. The zero-order valence-electron chi connectivity index (χ0n) is 19.8. The maximum Gasteiger partial charge on any atom is 0.252 e. The molecular weight excluding hydrogens is 424 g/mol. The molecular formula is C27H28N6O. The second-order valence-corrected chi connectivity index (χ2v) is 9.77. The Morgan fingerprint density at radius 3 is 2.44 bits per heavy atom. The molecule has 2 atom stereocenters. The van der Waals surface area contributed by atoms with E-state index in [9.17, 15) is 15.3 Å². The van der Waals surface area contributed by atoms with E-state index in [-0.39, 0.29) is 23.1 Å². The lowest BCUT2D eigenvalue weighted by molar-refractivity contribution is 0.158. The van der Waals surface area contributed by atoms with E-state index >= 15 is 0 Å². The largest absolute Gasteiger partial charge is 0.364 e. The van der Waals surface area contributed by atoms with Gasteiger partial charge in [0.2, 0.25) is 0 Å². The van der Waals surface area contributed by atoms with Crippen molar-refractivity contribution >= 4 is 16.7 Å². The van der Waals surface area contributed by atoms with Gasteiger partial charge in [0, 0.05) is 44.8 Å². The molecule has 2 fully saturated rings. The quantitative estimate of drug-likeness (QED) is 0.602. The number of hydrogen-bond acceptors (Lipinski definition) is 6. The van der Waals surface area contributed by atoms with Crippen LogP contribution in [-0.2, 0) is 19.0 Å². The second-order valence-electron chi connectivity index (χ2n) is 9.77. The highest BCUT2D eigenvalue weighted by Crippen LogP contribution is 2.47. The molecule has 3 aromatic rings. The third kappa shape index (κ3) is 3.73. The van der Waals surface area contributed by atoms with Crippen molar-refractivity contribution in [1.29, 1.82) is 10.5 Å². The maximum absolute atomic E-state index is 12.7. The van der Waals surface area contributed by atoms with E-state index in [1.165, 1.54) is 5.56 Å². The number of nitriles is 2. The number of aryl methyl sites for hydroxylation is 1. The van der Waals surface area contributed by atoms with Gasteiger partial charge in [-0.05, 0) is 49.9 Å². The molecule has 0 radical (unpaired) electrons. The first-order chi connectivity index (χ1) is 16.3. The summed E-state index contributed by atoms with van der Waals surface area (Å²) in [5.41, 5.74) is 4.61. The number of pyridine rings is 2. The fraction of sp³-hybridized carbons (Fsp3) is 0.407. The third-order valence-corrected chi connectivity index (χ3v) is 7.46. The van der Waals surface area contributed by atoms with Crippen LogP contribution in [0.2, 0.25) is 0 Å². The van der Waals surface area contributed by atoms with Gasteiger partial charge in [-0.1, -0.05) is 24.3 Å². The zero-order chi connectivity index (χ0) is 24.0. The predicted molar refractivity (Wildman–Crippen MR) is 131 cm³/mol. The van der Waals surface area contributed by atoms with Gasteiger partial charge in [-0.25, -0.2) is 4.98 Å².